The largest absolute Gasteiger partial charge is 0.316 e. The van der Waals surface area contributed by atoms with Gasteiger partial charge in [0.25, 0.3) is 0 Å². The second kappa shape index (κ2) is 5.45. The summed E-state index contributed by atoms with van der Waals surface area (Å²) in [7, 11) is 0. The predicted octanol–water partition coefficient (Wildman–Crippen LogP) is 3.44. The van der Waals surface area contributed by atoms with Gasteiger partial charge in [-0.3, -0.25) is 0 Å². The van der Waals surface area contributed by atoms with Crippen molar-refractivity contribution in [1.82, 2.24) is 5.32 Å². The zero-order valence-electron chi connectivity index (χ0n) is 9.50. The Morgan fingerprint density at radius 2 is 1.67 bits per heavy atom. The molecule has 0 aromatic heterocycles. The Hall–Kier alpha value is -0.810. The molecule has 100 valence electrons. The highest BCUT2D eigenvalue weighted by Crippen LogP contribution is 2.30. The second-order valence-electron chi connectivity index (χ2n) is 4.46. The highest BCUT2D eigenvalue weighted by atomic mass is 35.5. The summed E-state index contributed by atoms with van der Waals surface area (Å²) in [6.07, 6.45) is 1.62. The maximum absolute atomic E-state index is 13.6. The summed E-state index contributed by atoms with van der Waals surface area (Å²) >= 11 is 5.16. The van der Waals surface area contributed by atoms with Gasteiger partial charge in [0.1, 0.15) is 5.02 Å². The van der Waals surface area contributed by atoms with E-state index in [2.05, 4.69) is 5.32 Å². The fourth-order valence-corrected chi connectivity index (χ4v) is 2.38. The Morgan fingerprint density at radius 3 is 2.17 bits per heavy atom. The monoisotopic (exact) mass is 281 g/mol. The molecule has 1 N–H and O–H groups in total. The van der Waals surface area contributed by atoms with Crippen molar-refractivity contribution in [3.8, 4) is 0 Å². The van der Waals surface area contributed by atoms with Crippen molar-refractivity contribution in [2.45, 2.75) is 19.3 Å². The summed E-state index contributed by atoms with van der Waals surface area (Å²) in [6, 6.07) is 0. The Bertz CT molecular complexity index is 429. The van der Waals surface area contributed by atoms with E-state index in [-0.39, 0.29) is 12.3 Å². The molecule has 1 aliphatic heterocycles. The molecule has 0 aliphatic carbocycles. The number of halogens is 5. The first kappa shape index (κ1) is 13.6. The van der Waals surface area contributed by atoms with Crippen molar-refractivity contribution in [2.24, 2.45) is 5.92 Å². The van der Waals surface area contributed by atoms with E-state index >= 15 is 0 Å². The van der Waals surface area contributed by atoms with Gasteiger partial charge in [-0.1, -0.05) is 11.6 Å². The molecule has 0 amide bonds. The summed E-state index contributed by atoms with van der Waals surface area (Å²) in [5.74, 6) is -5.83. The maximum atomic E-state index is 13.6. The minimum Gasteiger partial charge on any atom is -0.316 e. The average Bonchev–Trinajstić information content (AvgIpc) is 2.40. The number of hydrogen-bond donors (Lipinski definition) is 1. The summed E-state index contributed by atoms with van der Waals surface area (Å²) in [5, 5.41) is 1.95. The van der Waals surface area contributed by atoms with Crippen molar-refractivity contribution >= 4 is 11.6 Å². The van der Waals surface area contributed by atoms with E-state index in [4.69, 9.17) is 11.6 Å². The van der Waals surface area contributed by atoms with Crippen LogP contribution in [0.4, 0.5) is 17.6 Å². The lowest BCUT2D eigenvalue weighted by Gasteiger charge is -2.23. The standard InChI is InChI=1S/C12H12ClF4N/c13-8-11(16)9(14)7(10(15)12(8)17)4-6-2-1-3-18-5-6/h6,18H,1-5H2. The zero-order valence-corrected chi connectivity index (χ0v) is 10.3. The predicted molar refractivity (Wildman–Crippen MR) is 60.6 cm³/mol. The summed E-state index contributed by atoms with van der Waals surface area (Å²) in [6.45, 7) is 1.44. The smallest absolute Gasteiger partial charge is 0.180 e. The first-order chi connectivity index (χ1) is 8.52. The Balaban J connectivity index is 2.32. The van der Waals surface area contributed by atoms with Gasteiger partial charge in [-0.15, -0.1) is 0 Å². The third-order valence-corrected chi connectivity index (χ3v) is 3.52. The van der Waals surface area contributed by atoms with Gasteiger partial charge in [0.05, 0.1) is 0 Å². The molecule has 18 heavy (non-hydrogen) atoms. The van der Waals surface area contributed by atoms with Crippen molar-refractivity contribution in [1.29, 1.82) is 0 Å². The van der Waals surface area contributed by atoms with Gasteiger partial charge in [-0.2, -0.15) is 0 Å². The molecule has 1 nitrogen and oxygen atoms in total. The normalized spacial score (nSPS) is 20.2. The van der Waals surface area contributed by atoms with Gasteiger partial charge in [0, 0.05) is 5.56 Å². The van der Waals surface area contributed by atoms with Gasteiger partial charge in [-0.05, 0) is 38.3 Å². The summed E-state index contributed by atoms with van der Waals surface area (Å²) < 4.78 is 53.7. The summed E-state index contributed by atoms with van der Waals surface area (Å²) in [5.41, 5.74) is -0.553. The van der Waals surface area contributed by atoms with Crippen LogP contribution in [-0.2, 0) is 6.42 Å². The zero-order chi connectivity index (χ0) is 13.3. The van der Waals surface area contributed by atoms with Crippen molar-refractivity contribution in [2.75, 3.05) is 13.1 Å². The molecule has 1 atom stereocenters. The molecule has 1 saturated heterocycles. The van der Waals surface area contributed by atoms with E-state index in [1.807, 2.05) is 0 Å². The summed E-state index contributed by atoms with van der Waals surface area (Å²) in [4.78, 5) is 0. The number of hydrogen-bond acceptors (Lipinski definition) is 1. The number of rotatable bonds is 2. The van der Waals surface area contributed by atoms with Crippen LogP contribution in [0.15, 0.2) is 0 Å². The number of benzene rings is 1. The first-order valence-corrected chi connectivity index (χ1v) is 6.11. The second-order valence-corrected chi connectivity index (χ2v) is 4.84. The molecule has 1 aliphatic rings. The lowest BCUT2D eigenvalue weighted by atomic mass is 9.91. The van der Waals surface area contributed by atoms with Gasteiger partial charge in [0.15, 0.2) is 23.3 Å². The fourth-order valence-electron chi connectivity index (χ4n) is 2.22. The highest BCUT2D eigenvalue weighted by molar-refractivity contribution is 6.30. The number of piperidine rings is 1. The van der Waals surface area contributed by atoms with Gasteiger partial charge < -0.3 is 5.32 Å². The van der Waals surface area contributed by atoms with Crippen molar-refractivity contribution < 1.29 is 17.6 Å². The molecule has 0 radical (unpaired) electrons. The van der Waals surface area contributed by atoms with E-state index in [9.17, 15) is 17.6 Å². The van der Waals surface area contributed by atoms with Crippen LogP contribution in [0.2, 0.25) is 5.02 Å². The molecule has 0 saturated carbocycles. The van der Waals surface area contributed by atoms with Crippen LogP contribution in [0.1, 0.15) is 18.4 Å². The lowest BCUT2D eigenvalue weighted by Crippen LogP contribution is -2.31. The SMILES string of the molecule is Fc1c(F)c(CC2CCCNC2)c(F)c(F)c1Cl. The Kier molecular flexibility index (Phi) is 4.12. The Morgan fingerprint density at radius 1 is 1.06 bits per heavy atom. The van der Waals surface area contributed by atoms with E-state index < -0.39 is 33.9 Å². The molecule has 6 heteroatoms. The van der Waals surface area contributed by atoms with Crippen LogP contribution in [0.25, 0.3) is 0 Å². The molecule has 1 fully saturated rings. The van der Waals surface area contributed by atoms with Gasteiger partial charge in [-0.25, -0.2) is 17.6 Å². The minimum absolute atomic E-state index is 0.0253. The third-order valence-electron chi connectivity index (χ3n) is 3.19. The van der Waals surface area contributed by atoms with E-state index in [0.29, 0.717) is 6.54 Å². The van der Waals surface area contributed by atoms with Crippen LogP contribution in [-0.4, -0.2) is 13.1 Å². The van der Waals surface area contributed by atoms with Crippen LogP contribution in [0.3, 0.4) is 0 Å². The van der Waals surface area contributed by atoms with E-state index in [1.54, 1.807) is 0 Å². The molecular weight excluding hydrogens is 270 g/mol. The maximum Gasteiger partial charge on any atom is 0.180 e. The average molecular weight is 282 g/mol. The topological polar surface area (TPSA) is 12.0 Å². The van der Waals surface area contributed by atoms with Gasteiger partial charge in [0.2, 0.25) is 0 Å². The molecule has 1 aromatic carbocycles. The van der Waals surface area contributed by atoms with Crippen LogP contribution in [0.5, 0.6) is 0 Å². The number of nitrogens with one attached hydrogen (secondary N) is 1. The molecule has 1 aromatic rings. The molecule has 2 rings (SSSR count). The van der Waals surface area contributed by atoms with Crippen LogP contribution in [0, 0.1) is 29.2 Å². The van der Waals surface area contributed by atoms with Crippen molar-refractivity contribution in [3.05, 3.63) is 33.9 Å². The Labute approximate surface area is 107 Å². The van der Waals surface area contributed by atoms with Gasteiger partial charge >= 0.3 is 0 Å². The molecule has 0 spiro atoms. The van der Waals surface area contributed by atoms with Crippen LogP contribution < -0.4 is 5.32 Å². The molecule has 1 heterocycles. The lowest BCUT2D eigenvalue weighted by molar-refractivity contribution is 0.357. The van der Waals surface area contributed by atoms with Crippen molar-refractivity contribution in [3.63, 3.8) is 0 Å². The highest BCUT2D eigenvalue weighted by Gasteiger charge is 2.26. The first-order valence-electron chi connectivity index (χ1n) is 5.73. The minimum atomic E-state index is -1.52. The van der Waals surface area contributed by atoms with E-state index in [0.717, 1.165) is 19.4 Å². The quantitative estimate of drug-likeness (QED) is 0.497. The third kappa shape index (κ3) is 2.47. The fraction of sp³-hybridized carbons (Fsp3) is 0.500. The van der Waals surface area contributed by atoms with E-state index in [1.165, 1.54) is 0 Å². The molecular formula is C12H12ClF4N. The molecule has 1 unspecified atom stereocenters. The molecule has 0 bridgehead atoms. The van der Waals surface area contributed by atoms with Crippen LogP contribution >= 0.6 is 11.6 Å².